The molecule has 2 rings (SSSR count). The van der Waals surface area contributed by atoms with Crippen LogP contribution in [0.4, 0.5) is 4.39 Å². The van der Waals surface area contributed by atoms with Gasteiger partial charge in [0.1, 0.15) is 0 Å². The first-order valence-corrected chi connectivity index (χ1v) is 4.11. The van der Waals surface area contributed by atoms with Gasteiger partial charge in [-0.15, -0.1) is 0 Å². The van der Waals surface area contributed by atoms with E-state index in [9.17, 15) is 4.39 Å². The molecule has 2 heteroatoms. The molecule has 2 N–H and O–H groups in total. The summed E-state index contributed by atoms with van der Waals surface area (Å²) in [6.07, 6.45) is 4.51. The highest BCUT2D eigenvalue weighted by molar-refractivity contribution is 5.08. The van der Waals surface area contributed by atoms with Crippen LogP contribution in [-0.2, 0) is 0 Å². The Kier molecular flexibility index (Phi) is 1.28. The lowest BCUT2D eigenvalue weighted by Gasteiger charge is -2.39. The molecule has 2 saturated carbocycles. The Balaban J connectivity index is 1.93. The summed E-state index contributed by atoms with van der Waals surface area (Å²) in [5.41, 5.74) is 6.03. The zero-order valence-corrected chi connectivity index (χ0v) is 6.15. The highest BCUT2D eigenvalue weighted by Gasteiger charge is 2.52. The number of rotatable bonds is 2. The minimum atomic E-state index is -0.149. The van der Waals surface area contributed by atoms with Crippen LogP contribution in [0, 0.1) is 11.8 Å². The van der Waals surface area contributed by atoms with E-state index < -0.39 is 0 Å². The monoisotopic (exact) mass is 143 g/mol. The molecule has 2 fully saturated rings. The predicted molar refractivity (Wildman–Crippen MR) is 38.3 cm³/mol. The van der Waals surface area contributed by atoms with Crippen molar-refractivity contribution in [2.75, 3.05) is 6.67 Å². The van der Waals surface area contributed by atoms with Crippen molar-refractivity contribution in [2.24, 2.45) is 17.6 Å². The Bertz CT molecular complexity index is 140. The molecule has 0 aromatic carbocycles. The summed E-state index contributed by atoms with van der Waals surface area (Å²) in [7, 11) is 0. The molecule has 0 amide bonds. The van der Waals surface area contributed by atoms with Crippen molar-refractivity contribution in [3.05, 3.63) is 0 Å². The fourth-order valence-corrected chi connectivity index (χ4v) is 2.03. The molecule has 0 aromatic rings. The maximum atomic E-state index is 12.2. The van der Waals surface area contributed by atoms with Gasteiger partial charge in [-0.05, 0) is 37.5 Å². The van der Waals surface area contributed by atoms with Crippen molar-refractivity contribution in [3.63, 3.8) is 0 Å². The lowest BCUT2D eigenvalue weighted by atomic mass is 9.69. The second-order valence-corrected chi connectivity index (χ2v) is 3.83. The Morgan fingerprint density at radius 1 is 1.40 bits per heavy atom. The molecule has 2 aliphatic rings. The second-order valence-electron chi connectivity index (χ2n) is 3.83. The topological polar surface area (TPSA) is 26.0 Å². The van der Waals surface area contributed by atoms with Crippen LogP contribution in [0.15, 0.2) is 0 Å². The van der Waals surface area contributed by atoms with Crippen LogP contribution in [0.2, 0.25) is 0 Å². The molecule has 0 spiro atoms. The first kappa shape index (κ1) is 6.59. The van der Waals surface area contributed by atoms with Crippen LogP contribution in [0.5, 0.6) is 0 Å². The molecule has 58 valence electrons. The second kappa shape index (κ2) is 1.94. The largest absolute Gasteiger partial charge is 0.325 e. The van der Waals surface area contributed by atoms with Crippen LogP contribution in [0.1, 0.15) is 25.7 Å². The summed E-state index contributed by atoms with van der Waals surface area (Å²) in [6, 6.07) is 0. The van der Waals surface area contributed by atoms with Gasteiger partial charge in [0.2, 0.25) is 0 Å². The van der Waals surface area contributed by atoms with Crippen molar-refractivity contribution < 1.29 is 4.39 Å². The molecular formula is C8H14FN. The zero-order chi connectivity index (χ0) is 7.19. The van der Waals surface area contributed by atoms with Crippen molar-refractivity contribution in [1.82, 2.24) is 0 Å². The third kappa shape index (κ3) is 0.782. The van der Waals surface area contributed by atoms with E-state index in [0.29, 0.717) is 11.8 Å². The fraction of sp³-hybridized carbons (Fsp3) is 1.00. The predicted octanol–water partition coefficient (Wildman–Crippen LogP) is 1.47. The highest BCUT2D eigenvalue weighted by Crippen LogP contribution is 2.51. The summed E-state index contributed by atoms with van der Waals surface area (Å²) in [4.78, 5) is 0. The van der Waals surface area contributed by atoms with Gasteiger partial charge in [-0.2, -0.15) is 0 Å². The molecule has 0 saturated heterocycles. The van der Waals surface area contributed by atoms with Gasteiger partial charge >= 0.3 is 0 Å². The highest BCUT2D eigenvalue weighted by atomic mass is 19.1. The van der Waals surface area contributed by atoms with E-state index in [1.807, 2.05) is 0 Å². The van der Waals surface area contributed by atoms with Gasteiger partial charge in [-0.25, -0.2) is 0 Å². The molecule has 2 aliphatic carbocycles. The minimum absolute atomic E-state index is 0.0784. The Morgan fingerprint density at radius 3 is 2.40 bits per heavy atom. The molecule has 0 aliphatic heterocycles. The van der Waals surface area contributed by atoms with Gasteiger partial charge in [0.25, 0.3) is 0 Å². The maximum Gasteiger partial charge on any atom is 0.0925 e. The standard InChI is InChI=1S/C8H14FN/c9-5-6-1-2-7(6)8(10)3-4-8/h6-7H,1-5,10H2. The van der Waals surface area contributed by atoms with Gasteiger partial charge < -0.3 is 5.73 Å². The molecule has 2 atom stereocenters. The summed E-state index contributed by atoms with van der Waals surface area (Å²) in [5.74, 6) is 0.838. The Hall–Kier alpha value is -0.110. The minimum Gasteiger partial charge on any atom is -0.325 e. The molecule has 1 nitrogen and oxygen atoms in total. The van der Waals surface area contributed by atoms with E-state index in [1.54, 1.807) is 0 Å². The van der Waals surface area contributed by atoms with E-state index in [-0.39, 0.29) is 12.2 Å². The van der Waals surface area contributed by atoms with E-state index >= 15 is 0 Å². The zero-order valence-electron chi connectivity index (χ0n) is 6.15. The van der Waals surface area contributed by atoms with Gasteiger partial charge in [0.05, 0.1) is 6.67 Å². The molecule has 10 heavy (non-hydrogen) atoms. The first-order valence-electron chi connectivity index (χ1n) is 4.11. The molecule has 0 bridgehead atoms. The molecule has 0 radical (unpaired) electrons. The van der Waals surface area contributed by atoms with E-state index in [0.717, 1.165) is 19.3 Å². The Labute approximate surface area is 60.8 Å². The number of hydrogen-bond acceptors (Lipinski definition) is 1. The van der Waals surface area contributed by atoms with Crippen molar-refractivity contribution >= 4 is 0 Å². The summed E-state index contributed by atoms with van der Waals surface area (Å²) in [5, 5.41) is 0. The molecule has 2 unspecified atom stereocenters. The Morgan fingerprint density at radius 2 is 2.10 bits per heavy atom. The number of halogens is 1. The van der Waals surface area contributed by atoms with Crippen LogP contribution in [0.25, 0.3) is 0 Å². The smallest absolute Gasteiger partial charge is 0.0925 e. The van der Waals surface area contributed by atoms with Crippen LogP contribution < -0.4 is 5.73 Å². The first-order chi connectivity index (χ1) is 4.76. The van der Waals surface area contributed by atoms with E-state index in [4.69, 9.17) is 5.73 Å². The number of hydrogen-bond donors (Lipinski definition) is 1. The summed E-state index contributed by atoms with van der Waals surface area (Å²) < 4.78 is 12.2. The van der Waals surface area contributed by atoms with Crippen molar-refractivity contribution in [2.45, 2.75) is 31.2 Å². The quantitative estimate of drug-likeness (QED) is 0.622. The van der Waals surface area contributed by atoms with Crippen LogP contribution in [0.3, 0.4) is 0 Å². The molecule has 0 heterocycles. The lowest BCUT2D eigenvalue weighted by molar-refractivity contribution is 0.103. The lowest BCUT2D eigenvalue weighted by Crippen LogP contribution is -2.44. The SMILES string of the molecule is NC1(C2CCC2CF)CC1. The molecule has 0 aromatic heterocycles. The average molecular weight is 143 g/mol. The third-order valence-corrected chi connectivity index (χ3v) is 3.18. The van der Waals surface area contributed by atoms with Gasteiger partial charge in [0, 0.05) is 5.54 Å². The van der Waals surface area contributed by atoms with Gasteiger partial charge in [-0.1, -0.05) is 0 Å². The van der Waals surface area contributed by atoms with Gasteiger partial charge in [-0.3, -0.25) is 4.39 Å². The van der Waals surface area contributed by atoms with E-state index in [2.05, 4.69) is 0 Å². The van der Waals surface area contributed by atoms with Crippen LogP contribution in [-0.4, -0.2) is 12.2 Å². The number of nitrogens with two attached hydrogens (primary N) is 1. The third-order valence-electron chi connectivity index (χ3n) is 3.18. The normalized spacial score (nSPS) is 42.6. The number of alkyl halides is 1. The van der Waals surface area contributed by atoms with Crippen molar-refractivity contribution in [3.8, 4) is 0 Å². The van der Waals surface area contributed by atoms with Crippen LogP contribution >= 0.6 is 0 Å². The van der Waals surface area contributed by atoms with Gasteiger partial charge in [0.15, 0.2) is 0 Å². The average Bonchev–Trinajstić information content (AvgIpc) is 2.46. The summed E-state index contributed by atoms with van der Waals surface area (Å²) in [6.45, 7) is -0.149. The summed E-state index contributed by atoms with van der Waals surface area (Å²) >= 11 is 0. The van der Waals surface area contributed by atoms with Crippen molar-refractivity contribution in [1.29, 1.82) is 0 Å². The molecular weight excluding hydrogens is 129 g/mol. The maximum absolute atomic E-state index is 12.2. The fourth-order valence-electron chi connectivity index (χ4n) is 2.03. The van der Waals surface area contributed by atoms with E-state index in [1.165, 1.54) is 6.42 Å².